The SMILES string of the molecule is CC1Cc2cc(C(F)(F)F)c(C(=O)N=C(N)N)cc2S1(=O)=O.COC(=O)c1cc2c(cc1C(F)(F)F)CC(C)S2(=O)=O. The zero-order chi connectivity index (χ0) is 32.2. The summed E-state index contributed by atoms with van der Waals surface area (Å²) in [5.41, 5.74) is 5.98. The van der Waals surface area contributed by atoms with Gasteiger partial charge in [-0.1, -0.05) is 0 Å². The maximum atomic E-state index is 13.1. The van der Waals surface area contributed by atoms with E-state index in [4.69, 9.17) is 11.5 Å². The Bertz CT molecular complexity index is 1710. The summed E-state index contributed by atoms with van der Waals surface area (Å²) in [5.74, 6) is -3.27. The molecule has 2 aromatic carbocycles. The molecule has 0 radical (unpaired) electrons. The topological polar surface area (TPSA) is 176 Å². The fourth-order valence-electron chi connectivity index (χ4n) is 4.47. The second-order valence-electron chi connectivity index (χ2n) is 9.46. The van der Waals surface area contributed by atoms with Crippen LogP contribution in [-0.4, -0.2) is 52.3 Å². The van der Waals surface area contributed by atoms with Crippen LogP contribution < -0.4 is 11.5 Å². The van der Waals surface area contributed by atoms with Crippen molar-refractivity contribution in [3.8, 4) is 0 Å². The third-order valence-corrected chi connectivity index (χ3v) is 11.0. The van der Waals surface area contributed by atoms with Crippen molar-refractivity contribution < 1.29 is 57.5 Å². The fraction of sp³-hybridized carbons (Fsp3) is 0.375. The Labute approximate surface area is 235 Å². The Morgan fingerprint density at radius 2 is 1.17 bits per heavy atom. The van der Waals surface area contributed by atoms with Crippen LogP contribution in [0.3, 0.4) is 0 Å². The number of ether oxygens (including phenoxy) is 1. The Hall–Kier alpha value is -3.67. The van der Waals surface area contributed by atoms with E-state index in [9.17, 15) is 52.8 Å². The smallest absolute Gasteiger partial charge is 0.417 e. The number of benzene rings is 2. The summed E-state index contributed by atoms with van der Waals surface area (Å²) in [4.78, 5) is 25.8. The number of nitrogens with two attached hydrogens (primary N) is 2. The summed E-state index contributed by atoms with van der Waals surface area (Å²) in [6.07, 6.45) is -9.64. The van der Waals surface area contributed by atoms with E-state index >= 15 is 0 Å². The summed E-state index contributed by atoms with van der Waals surface area (Å²) in [6, 6.07) is 2.86. The maximum absolute atomic E-state index is 13.1. The fourth-order valence-corrected chi connectivity index (χ4v) is 7.72. The molecule has 0 saturated carbocycles. The number of amides is 1. The number of alkyl halides is 6. The van der Waals surface area contributed by atoms with Crippen LogP contribution in [-0.2, 0) is 49.6 Å². The predicted molar refractivity (Wildman–Crippen MR) is 135 cm³/mol. The molecule has 0 bridgehead atoms. The average Bonchev–Trinajstić information content (AvgIpc) is 3.22. The van der Waals surface area contributed by atoms with Crippen molar-refractivity contribution in [1.82, 2.24) is 0 Å². The van der Waals surface area contributed by atoms with E-state index < -0.39 is 82.6 Å². The number of carbonyl (C=O) groups is 2. The molecule has 2 unspecified atom stereocenters. The van der Waals surface area contributed by atoms with Gasteiger partial charge in [0.2, 0.25) is 0 Å². The quantitative estimate of drug-likeness (QED) is 0.216. The number of methoxy groups -OCH3 is 1. The van der Waals surface area contributed by atoms with E-state index in [1.807, 2.05) is 0 Å². The second-order valence-corrected chi connectivity index (χ2v) is 14.1. The number of fused-ring (bicyclic) bond motifs is 2. The van der Waals surface area contributed by atoms with Crippen molar-refractivity contribution in [2.45, 2.75) is 59.3 Å². The first-order chi connectivity index (χ1) is 19.0. The Morgan fingerprint density at radius 1 is 0.786 bits per heavy atom. The summed E-state index contributed by atoms with van der Waals surface area (Å²) in [7, 11) is -6.51. The molecule has 230 valence electrons. The molecular weight excluding hydrogens is 620 g/mol. The van der Waals surface area contributed by atoms with Gasteiger partial charge in [0.15, 0.2) is 25.6 Å². The predicted octanol–water partition coefficient (Wildman–Crippen LogP) is 3.05. The lowest BCUT2D eigenvalue weighted by atomic mass is 10.0. The minimum absolute atomic E-state index is 0.00218. The summed E-state index contributed by atoms with van der Waals surface area (Å²) < 4.78 is 130. The van der Waals surface area contributed by atoms with Crippen molar-refractivity contribution in [2.75, 3.05) is 7.11 Å². The third kappa shape index (κ3) is 6.08. The van der Waals surface area contributed by atoms with E-state index in [1.54, 1.807) is 0 Å². The normalized spacial score (nSPS) is 20.0. The highest BCUT2D eigenvalue weighted by molar-refractivity contribution is 7.92. The largest absolute Gasteiger partial charge is 0.465 e. The lowest BCUT2D eigenvalue weighted by Gasteiger charge is -2.13. The molecular formula is C24H23F6N3O7S2. The highest BCUT2D eigenvalue weighted by Gasteiger charge is 2.42. The van der Waals surface area contributed by atoms with Gasteiger partial charge < -0.3 is 16.2 Å². The molecule has 2 aliphatic rings. The van der Waals surface area contributed by atoms with E-state index in [0.717, 1.165) is 19.2 Å². The monoisotopic (exact) mass is 643 g/mol. The minimum atomic E-state index is -4.84. The standard InChI is InChI=1S/C12H12F3N3O3S.C12H11F3O4S/c1-5-2-6-3-8(12(13,14)15)7(10(19)18-11(16)17)4-9(6)22(5,20)21;1-6-3-7-4-9(12(13,14)15)8(11(16)19-2)5-10(7)20(6,17)18/h3-5H,2H2,1H3,(H4,16,17,18,19);4-6H,3H2,1-2H3. The molecule has 2 atom stereocenters. The Morgan fingerprint density at radius 3 is 1.52 bits per heavy atom. The molecule has 18 heteroatoms. The lowest BCUT2D eigenvalue weighted by molar-refractivity contribution is -0.138. The number of rotatable bonds is 2. The molecule has 1 amide bonds. The zero-order valence-corrected chi connectivity index (χ0v) is 23.6. The minimum Gasteiger partial charge on any atom is -0.465 e. The van der Waals surface area contributed by atoms with E-state index in [-0.39, 0.29) is 33.8 Å². The number of guanidine groups is 1. The van der Waals surface area contributed by atoms with Gasteiger partial charge in [-0.25, -0.2) is 21.6 Å². The molecule has 0 aliphatic carbocycles. The van der Waals surface area contributed by atoms with Gasteiger partial charge in [0.05, 0.1) is 49.7 Å². The molecule has 0 saturated heterocycles. The van der Waals surface area contributed by atoms with Crippen molar-refractivity contribution in [1.29, 1.82) is 0 Å². The van der Waals surface area contributed by atoms with Crippen LogP contribution in [0.15, 0.2) is 39.0 Å². The van der Waals surface area contributed by atoms with Crippen LogP contribution >= 0.6 is 0 Å². The molecule has 10 nitrogen and oxygen atoms in total. The first-order valence-corrected chi connectivity index (χ1v) is 14.8. The Balaban J connectivity index is 0.000000231. The van der Waals surface area contributed by atoms with Gasteiger partial charge >= 0.3 is 18.3 Å². The van der Waals surface area contributed by atoms with Crippen LogP contribution in [0.5, 0.6) is 0 Å². The van der Waals surface area contributed by atoms with Crippen LogP contribution in [0.25, 0.3) is 0 Å². The number of hydrogen-bond acceptors (Lipinski definition) is 7. The van der Waals surface area contributed by atoms with Gasteiger partial charge in [0.25, 0.3) is 5.91 Å². The summed E-state index contributed by atoms with van der Waals surface area (Å²) >= 11 is 0. The van der Waals surface area contributed by atoms with Crippen molar-refractivity contribution in [3.05, 3.63) is 57.6 Å². The van der Waals surface area contributed by atoms with Crippen molar-refractivity contribution >= 4 is 37.5 Å². The average molecular weight is 644 g/mol. The lowest BCUT2D eigenvalue weighted by Crippen LogP contribution is -2.25. The molecule has 2 aliphatic heterocycles. The van der Waals surface area contributed by atoms with Gasteiger partial charge in [0, 0.05) is 0 Å². The number of nitrogens with zero attached hydrogens (tertiary/aromatic N) is 1. The summed E-state index contributed by atoms with van der Waals surface area (Å²) in [6.45, 7) is 2.81. The third-order valence-electron chi connectivity index (χ3n) is 6.57. The van der Waals surface area contributed by atoms with Crippen molar-refractivity contribution in [2.24, 2.45) is 16.5 Å². The first-order valence-electron chi connectivity index (χ1n) is 11.7. The van der Waals surface area contributed by atoms with Crippen LogP contribution in [0, 0.1) is 0 Å². The molecule has 0 fully saturated rings. The number of sulfone groups is 2. The van der Waals surface area contributed by atoms with Gasteiger partial charge in [-0.05, 0) is 62.1 Å². The summed E-state index contributed by atoms with van der Waals surface area (Å²) in [5, 5.41) is -1.65. The molecule has 4 rings (SSSR count). The van der Waals surface area contributed by atoms with Crippen LogP contribution in [0.1, 0.15) is 56.8 Å². The molecule has 2 aromatic rings. The van der Waals surface area contributed by atoms with Crippen LogP contribution in [0.4, 0.5) is 26.3 Å². The van der Waals surface area contributed by atoms with Gasteiger partial charge in [-0.2, -0.15) is 31.3 Å². The maximum Gasteiger partial charge on any atom is 0.417 e. The number of aliphatic imine (C=N–C) groups is 1. The van der Waals surface area contributed by atoms with Crippen molar-refractivity contribution in [3.63, 3.8) is 0 Å². The van der Waals surface area contributed by atoms with Gasteiger partial charge in [-0.15, -0.1) is 0 Å². The first kappa shape index (κ1) is 32.8. The molecule has 0 aromatic heterocycles. The van der Waals surface area contributed by atoms with E-state index in [2.05, 4.69) is 9.73 Å². The van der Waals surface area contributed by atoms with Crippen LogP contribution in [0.2, 0.25) is 0 Å². The molecule has 0 spiro atoms. The van der Waals surface area contributed by atoms with Gasteiger partial charge in [0.1, 0.15) is 0 Å². The number of hydrogen-bond donors (Lipinski definition) is 2. The molecule has 2 heterocycles. The molecule has 42 heavy (non-hydrogen) atoms. The second kappa shape index (κ2) is 10.9. The Kier molecular flexibility index (Phi) is 8.50. The molecule has 4 N–H and O–H groups in total. The van der Waals surface area contributed by atoms with E-state index in [1.165, 1.54) is 13.8 Å². The number of esters is 1. The van der Waals surface area contributed by atoms with E-state index in [0.29, 0.717) is 12.1 Å². The number of halogens is 6. The highest BCUT2D eigenvalue weighted by atomic mass is 32.2. The zero-order valence-electron chi connectivity index (χ0n) is 21.9. The van der Waals surface area contributed by atoms with Gasteiger partial charge in [-0.3, -0.25) is 4.79 Å². The number of carbonyl (C=O) groups excluding carboxylic acids is 2. The highest BCUT2D eigenvalue weighted by Crippen LogP contribution is 2.41.